The summed E-state index contributed by atoms with van der Waals surface area (Å²) in [6.45, 7) is 4.42. The third kappa shape index (κ3) is 3.06. The molecule has 1 rings (SSSR count). The fourth-order valence-electron chi connectivity index (χ4n) is 1.33. The third-order valence-corrected chi connectivity index (χ3v) is 2.02. The van der Waals surface area contributed by atoms with Crippen molar-refractivity contribution in [1.82, 2.24) is 9.97 Å². The molecule has 0 saturated carbocycles. The first kappa shape index (κ1) is 12.2. The molecule has 0 aromatic carbocycles. The quantitative estimate of drug-likeness (QED) is 0.454. The van der Waals surface area contributed by atoms with E-state index < -0.39 is 5.91 Å². The number of aromatic nitrogens is 2. The minimum absolute atomic E-state index is 0.122. The van der Waals surface area contributed by atoms with Gasteiger partial charge in [-0.25, -0.2) is 15.8 Å². The maximum atomic E-state index is 10.9. The zero-order valence-electron chi connectivity index (χ0n) is 9.40. The summed E-state index contributed by atoms with van der Waals surface area (Å²) in [5, 5.41) is 0. The van der Waals surface area contributed by atoms with E-state index in [4.69, 9.17) is 11.6 Å². The van der Waals surface area contributed by atoms with E-state index in [0.29, 0.717) is 24.0 Å². The van der Waals surface area contributed by atoms with Crippen LogP contribution in [0.4, 0.5) is 11.6 Å². The molecule has 16 heavy (non-hydrogen) atoms. The topological polar surface area (TPSA) is 110 Å². The van der Waals surface area contributed by atoms with Crippen molar-refractivity contribution in [2.24, 2.45) is 11.6 Å². The number of anilines is 2. The highest BCUT2D eigenvalue weighted by atomic mass is 16.1. The van der Waals surface area contributed by atoms with Crippen molar-refractivity contribution in [2.45, 2.75) is 13.8 Å². The molecular weight excluding hydrogens is 208 g/mol. The zero-order chi connectivity index (χ0) is 12.1. The largest absolute Gasteiger partial charge is 0.368 e. The summed E-state index contributed by atoms with van der Waals surface area (Å²) in [4.78, 5) is 20.9. The van der Waals surface area contributed by atoms with Crippen molar-refractivity contribution in [3.8, 4) is 0 Å². The molecule has 0 aliphatic rings. The summed E-state index contributed by atoms with van der Waals surface area (Å²) in [5.74, 6) is 6.59. The highest BCUT2D eigenvalue weighted by Gasteiger charge is 2.10. The van der Waals surface area contributed by atoms with Crippen LogP contribution in [0.15, 0.2) is 6.07 Å². The second kappa shape index (κ2) is 5.26. The molecule has 0 unspecified atom stereocenters. The highest BCUT2D eigenvalue weighted by Crippen LogP contribution is 2.14. The Morgan fingerprint density at radius 1 is 1.56 bits per heavy atom. The summed E-state index contributed by atoms with van der Waals surface area (Å²) in [7, 11) is 0. The molecule has 7 nitrogen and oxygen atoms in total. The summed E-state index contributed by atoms with van der Waals surface area (Å²) in [6.07, 6.45) is 0. The van der Waals surface area contributed by atoms with Crippen molar-refractivity contribution in [1.29, 1.82) is 0 Å². The van der Waals surface area contributed by atoms with E-state index in [2.05, 4.69) is 15.4 Å². The van der Waals surface area contributed by atoms with Crippen molar-refractivity contribution < 1.29 is 4.79 Å². The Hall–Kier alpha value is -1.89. The van der Waals surface area contributed by atoms with Gasteiger partial charge in [-0.05, 0) is 13.8 Å². The fraction of sp³-hybridized carbons (Fsp3) is 0.444. The SMILES string of the molecule is CCN(CC(N)=O)c1cc(NN)nc(C)n1. The normalized spacial score (nSPS) is 9.94. The average molecular weight is 224 g/mol. The molecule has 88 valence electrons. The number of hydrogen-bond acceptors (Lipinski definition) is 6. The lowest BCUT2D eigenvalue weighted by Crippen LogP contribution is -2.34. The van der Waals surface area contributed by atoms with E-state index in [1.54, 1.807) is 17.9 Å². The molecule has 0 radical (unpaired) electrons. The second-order valence-electron chi connectivity index (χ2n) is 3.28. The molecule has 0 saturated heterocycles. The van der Waals surface area contributed by atoms with Crippen LogP contribution in [0.25, 0.3) is 0 Å². The van der Waals surface area contributed by atoms with Gasteiger partial charge in [0, 0.05) is 12.6 Å². The minimum Gasteiger partial charge on any atom is -0.368 e. The van der Waals surface area contributed by atoms with Gasteiger partial charge in [0.15, 0.2) is 0 Å². The van der Waals surface area contributed by atoms with Gasteiger partial charge in [-0.15, -0.1) is 0 Å². The van der Waals surface area contributed by atoms with Crippen LogP contribution in [0.2, 0.25) is 0 Å². The van der Waals surface area contributed by atoms with Gasteiger partial charge in [-0.2, -0.15) is 0 Å². The molecule has 0 fully saturated rings. The lowest BCUT2D eigenvalue weighted by atomic mass is 10.4. The van der Waals surface area contributed by atoms with Crippen molar-refractivity contribution >= 4 is 17.5 Å². The number of rotatable bonds is 5. The van der Waals surface area contributed by atoms with Gasteiger partial charge < -0.3 is 16.1 Å². The van der Waals surface area contributed by atoms with Crippen LogP contribution >= 0.6 is 0 Å². The molecular formula is C9H16N6O. The lowest BCUT2D eigenvalue weighted by Gasteiger charge is -2.20. The van der Waals surface area contributed by atoms with Crippen LogP contribution in [-0.2, 0) is 4.79 Å². The summed E-state index contributed by atoms with van der Waals surface area (Å²) < 4.78 is 0. The van der Waals surface area contributed by atoms with Crippen molar-refractivity contribution in [3.05, 3.63) is 11.9 Å². The molecule has 1 aromatic rings. The minimum atomic E-state index is -0.402. The molecule has 1 heterocycles. The predicted octanol–water partition coefficient (Wildman–Crippen LogP) is -0.618. The second-order valence-corrected chi connectivity index (χ2v) is 3.28. The maximum Gasteiger partial charge on any atom is 0.236 e. The molecule has 5 N–H and O–H groups in total. The summed E-state index contributed by atoms with van der Waals surface area (Å²) in [5.41, 5.74) is 7.60. The van der Waals surface area contributed by atoms with E-state index in [1.807, 2.05) is 6.92 Å². The van der Waals surface area contributed by atoms with Gasteiger partial charge >= 0.3 is 0 Å². The first-order valence-corrected chi connectivity index (χ1v) is 4.92. The Morgan fingerprint density at radius 2 is 2.25 bits per heavy atom. The Balaban J connectivity index is 2.99. The number of nitrogen functional groups attached to an aromatic ring is 1. The number of likely N-dealkylation sites (N-methyl/N-ethyl adjacent to an activating group) is 1. The number of hydrogen-bond donors (Lipinski definition) is 3. The molecule has 0 spiro atoms. The van der Waals surface area contributed by atoms with Crippen molar-refractivity contribution in [2.75, 3.05) is 23.4 Å². The molecule has 0 aliphatic carbocycles. The predicted molar refractivity (Wildman–Crippen MR) is 61.7 cm³/mol. The number of nitrogens with one attached hydrogen (secondary N) is 1. The fourth-order valence-corrected chi connectivity index (χ4v) is 1.33. The number of nitrogens with two attached hydrogens (primary N) is 2. The van der Waals surface area contributed by atoms with Gasteiger partial charge in [-0.3, -0.25) is 4.79 Å². The molecule has 7 heteroatoms. The first-order valence-electron chi connectivity index (χ1n) is 4.92. The highest BCUT2D eigenvalue weighted by molar-refractivity contribution is 5.79. The van der Waals surface area contributed by atoms with Crippen molar-refractivity contribution in [3.63, 3.8) is 0 Å². The van der Waals surface area contributed by atoms with Gasteiger partial charge in [0.05, 0.1) is 6.54 Å². The molecule has 1 aromatic heterocycles. The van der Waals surface area contributed by atoms with E-state index in [-0.39, 0.29) is 6.54 Å². The molecule has 1 amide bonds. The summed E-state index contributed by atoms with van der Waals surface area (Å²) >= 11 is 0. The third-order valence-electron chi connectivity index (χ3n) is 2.02. The number of amides is 1. The monoisotopic (exact) mass is 224 g/mol. The number of nitrogens with zero attached hydrogens (tertiary/aromatic N) is 3. The van der Waals surface area contributed by atoms with Crippen LogP contribution in [-0.4, -0.2) is 29.0 Å². The standard InChI is InChI=1S/C9H16N6O/c1-3-15(5-7(10)16)9-4-8(14-11)12-6(2)13-9/h4H,3,5,11H2,1-2H3,(H2,10,16)(H,12,13,14). The van der Waals surface area contributed by atoms with E-state index in [0.717, 1.165) is 0 Å². The Kier molecular flexibility index (Phi) is 4.01. The van der Waals surface area contributed by atoms with Gasteiger partial charge in [-0.1, -0.05) is 0 Å². The van der Waals surface area contributed by atoms with E-state index in [9.17, 15) is 4.79 Å². The number of aryl methyl sites for hydroxylation is 1. The number of carbonyl (C=O) groups is 1. The smallest absolute Gasteiger partial charge is 0.236 e. The van der Waals surface area contributed by atoms with Crippen LogP contribution < -0.4 is 21.9 Å². The van der Waals surface area contributed by atoms with Gasteiger partial charge in [0.25, 0.3) is 0 Å². The van der Waals surface area contributed by atoms with Crippen LogP contribution in [0.5, 0.6) is 0 Å². The summed E-state index contributed by atoms with van der Waals surface area (Å²) in [6, 6.07) is 1.67. The number of carbonyl (C=O) groups excluding carboxylic acids is 1. The maximum absolute atomic E-state index is 10.9. The average Bonchev–Trinajstić information content (AvgIpc) is 2.24. The molecule has 0 bridgehead atoms. The van der Waals surface area contributed by atoms with Gasteiger partial charge in [0.1, 0.15) is 17.5 Å². The molecule has 0 aliphatic heterocycles. The number of hydrazine groups is 1. The lowest BCUT2D eigenvalue weighted by molar-refractivity contribution is -0.116. The number of primary amides is 1. The Labute approximate surface area is 93.8 Å². The van der Waals surface area contributed by atoms with E-state index in [1.165, 1.54) is 0 Å². The Bertz CT molecular complexity index is 380. The van der Waals surface area contributed by atoms with Crippen LogP contribution in [0.1, 0.15) is 12.7 Å². The van der Waals surface area contributed by atoms with Crippen LogP contribution in [0, 0.1) is 6.92 Å². The van der Waals surface area contributed by atoms with Crippen LogP contribution in [0.3, 0.4) is 0 Å². The Morgan fingerprint density at radius 3 is 2.75 bits per heavy atom. The van der Waals surface area contributed by atoms with E-state index >= 15 is 0 Å². The zero-order valence-corrected chi connectivity index (χ0v) is 9.40. The van der Waals surface area contributed by atoms with Gasteiger partial charge in [0.2, 0.25) is 5.91 Å². The molecule has 0 atom stereocenters. The first-order chi connectivity index (χ1) is 7.56.